The van der Waals surface area contributed by atoms with E-state index in [0.29, 0.717) is 0 Å². The van der Waals surface area contributed by atoms with Crippen LogP contribution < -0.4 is 5.73 Å². The van der Waals surface area contributed by atoms with E-state index in [1.807, 2.05) is 24.3 Å². The molecule has 1 heteroatoms. The minimum absolute atomic E-state index is 0.808. The Hall–Kier alpha value is -1.76. The molecule has 0 aromatic heterocycles. The molecule has 0 spiro atoms. The normalized spacial score (nSPS) is 15.0. The number of benzene rings is 1. The van der Waals surface area contributed by atoms with Crippen LogP contribution in [-0.4, -0.2) is 0 Å². The second-order valence-corrected chi connectivity index (χ2v) is 3.31. The average Bonchev–Trinajstić information content (AvgIpc) is 2.47. The van der Waals surface area contributed by atoms with Gasteiger partial charge in [0.1, 0.15) is 0 Å². The highest BCUT2D eigenvalue weighted by molar-refractivity contribution is 5.76. The molecule has 0 bridgehead atoms. The summed E-state index contributed by atoms with van der Waals surface area (Å²) in [6.07, 6.45) is 11.7. The third-order valence-corrected chi connectivity index (χ3v) is 2.23. The average molecular weight is 183 g/mol. The minimum Gasteiger partial charge on any atom is -0.399 e. The molecule has 0 amide bonds. The number of allylic oxidation sites excluding steroid dienone is 6. The number of hydrogen-bond acceptors (Lipinski definition) is 1. The Morgan fingerprint density at radius 3 is 2.57 bits per heavy atom. The van der Waals surface area contributed by atoms with E-state index in [0.717, 1.165) is 12.1 Å². The zero-order valence-electron chi connectivity index (χ0n) is 7.98. The molecule has 1 aliphatic rings. The molecule has 2 N–H and O–H groups in total. The number of hydrogen-bond donors (Lipinski definition) is 1. The zero-order valence-corrected chi connectivity index (χ0v) is 7.98. The Kier molecular flexibility index (Phi) is 2.50. The van der Waals surface area contributed by atoms with Crippen LogP contribution in [0.5, 0.6) is 0 Å². The quantitative estimate of drug-likeness (QED) is 0.665. The van der Waals surface area contributed by atoms with Gasteiger partial charge in [0.05, 0.1) is 0 Å². The summed E-state index contributed by atoms with van der Waals surface area (Å²) >= 11 is 0. The van der Waals surface area contributed by atoms with E-state index in [1.165, 1.54) is 11.1 Å². The van der Waals surface area contributed by atoms with Crippen molar-refractivity contribution in [3.8, 4) is 0 Å². The molecule has 0 fully saturated rings. The number of nitrogens with two attached hydrogens (primary N) is 1. The van der Waals surface area contributed by atoms with Crippen molar-refractivity contribution in [3.05, 3.63) is 60.2 Å². The molecular weight excluding hydrogens is 170 g/mol. The van der Waals surface area contributed by atoms with Crippen molar-refractivity contribution in [1.29, 1.82) is 0 Å². The summed E-state index contributed by atoms with van der Waals surface area (Å²) in [5, 5.41) is 0. The highest BCUT2D eigenvalue weighted by Gasteiger charge is 1.97. The number of nitrogen functional groups attached to an aromatic ring is 1. The molecule has 70 valence electrons. The van der Waals surface area contributed by atoms with Crippen molar-refractivity contribution < 1.29 is 0 Å². The maximum Gasteiger partial charge on any atom is 0.0314 e. The van der Waals surface area contributed by atoms with Gasteiger partial charge in [-0.1, -0.05) is 42.5 Å². The van der Waals surface area contributed by atoms with E-state index in [4.69, 9.17) is 5.73 Å². The predicted molar refractivity (Wildman–Crippen MR) is 61.7 cm³/mol. The maximum absolute atomic E-state index is 5.64. The van der Waals surface area contributed by atoms with Crippen LogP contribution in [0.3, 0.4) is 0 Å². The highest BCUT2D eigenvalue weighted by atomic mass is 14.5. The van der Waals surface area contributed by atoms with Gasteiger partial charge >= 0.3 is 0 Å². The molecule has 0 aliphatic heterocycles. The van der Waals surface area contributed by atoms with Gasteiger partial charge in [-0.15, -0.1) is 0 Å². The van der Waals surface area contributed by atoms with Crippen LogP contribution in [0, 0.1) is 0 Å². The Morgan fingerprint density at radius 1 is 1.00 bits per heavy atom. The molecule has 2 rings (SSSR count). The van der Waals surface area contributed by atoms with E-state index in [1.54, 1.807) is 0 Å². The standard InChI is InChI=1S/C13H13N/c14-13-9-7-12(8-10-13)11-5-3-1-2-4-6-11/h1,3-10H,2,14H2. The van der Waals surface area contributed by atoms with Crippen molar-refractivity contribution >= 4 is 11.3 Å². The van der Waals surface area contributed by atoms with E-state index < -0.39 is 0 Å². The van der Waals surface area contributed by atoms with Crippen LogP contribution in [0.1, 0.15) is 12.0 Å². The van der Waals surface area contributed by atoms with Gasteiger partial charge in [-0.05, 0) is 29.7 Å². The molecule has 1 aliphatic carbocycles. The number of rotatable bonds is 1. The first-order valence-electron chi connectivity index (χ1n) is 4.75. The van der Waals surface area contributed by atoms with Crippen LogP contribution in [0.2, 0.25) is 0 Å². The fraction of sp³-hybridized carbons (Fsp3) is 0.0769. The lowest BCUT2D eigenvalue weighted by Gasteiger charge is -2.01. The molecule has 1 nitrogen and oxygen atoms in total. The topological polar surface area (TPSA) is 26.0 Å². The summed E-state index contributed by atoms with van der Waals surface area (Å²) in [5.41, 5.74) is 8.89. The first-order valence-corrected chi connectivity index (χ1v) is 4.75. The van der Waals surface area contributed by atoms with Crippen LogP contribution in [0.15, 0.2) is 54.6 Å². The van der Waals surface area contributed by atoms with Crippen LogP contribution in [0.25, 0.3) is 5.57 Å². The SMILES string of the molecule is Nc1ccc(C2=CC=CCC=C2)cc1. The summed E-state index contributed by atoms with van der Waals surface area (Å²) < 4.78 is 0. The van der Waals surface area contributed by atoms with Gasteiger partial charge in [-0.25, -0.2) is 0 Å². The second-order valence-electron chi connectivity index (χ2n) is 3.31. The molecule has 0 heterocycles. The summed E-state index contributed by atoms with van der Waals surface area (Å²) in [7, 11) is 0. The summed E-state index contributed by atoms with van der Waals surface area (Å²) in [6, 6.07) is 7.95. The molecular formula is C13H13N. The molecule has 1 aromatic carbocycles. The zero-order chi connectivity index (χ0) is 9.80. The third-order valence-electron chi connectivity index (χ3n) is 2.23. The van der Waals surface area contributed by atoms with Gasteiger partial charge in [-0.3, -0.25) is 0 Å². The largest absolute Gasteiger partial charge is 0.399 e. The lowest BCUT2D eigenvalue weighted by molar-refractivity contribution is 1.41. The van der Waals surface area contributed by atoms with Gasteiger partial charge in [0.2, 0.25) is 0 Å². The maximum atomic E-state index is 5.64. The van der Waals surface area contributed by atoms with Crippen molar-refractivity contribution in [2.75, 3.05) is 5.73 Å². The van der Waals surface area contributed by atoms with Crippen molar-refractivity contribution in [2.24, 2.45) is 0 Å². The second kappa shape index (κ2) is 3.97. The molecule has 0 saturated carbocycles. The molecule has 14 heavy (non-hydrogen) atoms. The first-order chi connectivity index (χ1) is 6.86. The summed E-state index contributed by atoms with van der Waals surface area (Å²) in [4.78, 5) is 0. The fourth-order valence-corrected chi connectivity index (χ4v) is 1.45. The van der Waals surface area contributed by atoms with Crippen molar-refractivity contribution in [3.63, 3.8) is 0 Å². The van der Waals surface area contributed by atoms with E-state index in [9.17, 15) is 0 Å². The molecule has 0 saturated heterocycles. The van der Waals surface area contributed by atoms with Gasteiger partial charge < -0.3 is 5.73 Å². The van der Waals surface area contributed by atoms with E-state index in [-0.39, 0.29) is 0 Å². The molecule has 1 aromatic rings. The van der Waals surface area contributed by atoms with Crippen LogP contribution in [0.4, 0.5) is 5.69 Å². The van der Waals surface area contributed by atoms with E-state index >= 15 is 0 Å². The monoisotopic (exact) mass is 183 g/mol. The molecule has 0 unspecified atom stereocenters. The Bertz CT molecular complexity index is 394. The highest BCUT2D eigenvalue weighted by Crippen LogP contribution is 2.19. The van der Waals surface area contributed by atoms with Crippen LogP contribution >= 0.6 is 0 Å². The van der Waals surface area contributed by atoms with Gasteiger partial charge in [0.15, 0.2) is 0 Å². The smallest absolute Gasteiger partial charge is 0.0314 e. The van der Waals surface area contributed by atoms with Crippen molar-refractivity contribution in [1.82, 2.24) is 0 Å². The Labute approximate surface area is 84.3 Å². The van der Waals surface area contributed by atoms with Gasteiger partial charge in [0.25, 0.3) is 0 Å². The lowest BCUT2D eigenvalue weighted by Crippen LogP contribution is -1.85. The Balaban J connectivity index is 2.34. The fourth-order valence-electron chi connectivity index (χ4n) is 1.45. The number of anilines is 1. The van der Waals surface area contributed by atoms with Crippen LogP contribution in [-0.2, 0) is 0 Å². The summed E-state index contributed by atoms with van der Waals surface area (Å²) in [6.45, 7) is 0. The van der Waals surface area contributed by atoms with E-state index in [2.05, 4.69) is 30.4 Å². The van der Waals surface area contributed by atoms with Gasteiger partial charge in [0, 0.05) is 5.69 Å². The third kappa shape index (κ3) is 1.94. The Morgan fingerprint density at radius 2 is 1.79 bits per heavy atom. The van der Waals surface area contributed by atoms with Crippen molar-refractivity contribution in [2.45, 2.75) is 6.42 Å². The predicted octanol–water partition coefficient (Wildman–Crippen LogP) is 3.17. The molecule has 0 radical (unpaired) electrons. The van der Waals surface area contributed by atoms with Gasteiger partial charge in [-0.2, -0.15) is 0 Å². The lowest BCUT2D eigenvalue weighted by atomic mass is 10.1. The molecule has 0 atom stereocenters. The summed E-state index contributed by atoms with van der Waals surface area (Å²) in [5.74, 6) is 0. The first kappa shape index (κ1) is 8.82. The minimum atomic E-state index is 0.808.